The van der Waals surface area contributed by atoms with Crippen LogP contribution in [-0.4, -0.2) is 12.3 Å². The second-order valence-electron chi connectivity index (χ2n) is 2.34. The second-order valence-corrected chi connectivity index (χ2v) is 3.45. The van der Waals surface area contributed by atoms with E-state index in [4.69, 9.17) is 10.2 Å². The van der Waals surface area contributed by atoms with Gasteiger partial charge in [0.05, 0.1) is 6.26 Å². The molecule has 0 saturated heterocycles. The van der Waals surface area contributed by atoms with Gasteiger partial charge in [-0.1, -0.05) is 0 Å². The molecule has 0 fully saturated rings. The zero-order chi connectivity index (χ0) is 8.10. The Balaban J connectivity index is 2.32. The maximum absolute atomic E-state index is 5.36. The summed E-state index contributed by atoms with van der Waals surface area (Å²) in [5.41, 5.74) is 6.64. The summed E-state index contributed by atoms with van der Waals surface area (Å²) in [6.07, 6.45) is 1.73. The lowest BCUT2D eigenvalue weighted by molar-refractivity contribution is 0.531. The van der Waals surface area contributed by atoms with E-state index in [1.807, 2.05) is 24.8 Å². The minimum Gasteiger partial charge on any atom is -0.469 e. The summed E-state index contributed by atoms with van der Waals surface area (Å²) in [5.74, 6) is 3.05. The first-order chi connectivity index (χ1) is 5.34. The van der Waals surface area contributed by atoms with Crippen LogP contribution in [0.15, 0.2) is 16.7 Å². The molecule has 62 valence electrons. The van der Waals surface area contributed by atoms with E-state index in [2.05, 4.69) is 0 Å². The lowest BCUT2D eigenvalue weighted by atomic mass is 10.3. The first-order valence-corrected chi connectivity index (χ1v) is 4.81. The molecule has 1 aromatic heterocycles. The van der Waals surface area contributed by atoms with E-state index in [-0.39, 0.29) is 0 Å². The summed E-state index contributed by atoms with van der Waals surface area (Å²) in [7, 11) is 0. The van der Waals surface area contributed by atoms with Crippen molar-refractivity contribution in [3.63, 3.8) is 0 Å². The van der Waals surface area contributed by atoms with Crippen LogP contribution in [0.4, 0.5) is 0 Å². The normalized spacial score (nSPS) is 10.4. The molecule has 0 aliphatic heterocycles. The van der Waals surface area contributed by atoms with E-state index in [1.165, 1.54) is 5.56 Å². The quantitative estimate of drug-likeness (QED) is 0.702. The fourth-order valence-electron chi connectivity index (χ4n) is 0.826. The number of hydrogen-bond donors (Lipinski definition) is 1. The first-order valence-electron chi connectivity index (χ1n) is 3.65. The third-order valence-electron chi connectivity index (χ3n) is 1.49. The molecule has 1 heterocycles. The van der Waals surface area contributed by atoms with Crippen LogP contribution in [0.25, 0.3) is 0 Å². The van der Waals surface area contributed by atoms with Gasteiger partial charge in [-0.2, -0.15) is 11.8 Å². The number of aryl methyl sites for hydroxylation is 1. The first kappa shape index (κ1) is 8.68. The zero-order valence-corrected chi connectivity index (χ0v) is 7.49. The summed E-state index contributed by atoms with van der Waals surface area (Å²) in [5, 5.41) is 0. The van der Waals surface area contributed by atoms with Gasteiger partial charge in [0.15, 0.2) is 0 Å². The number of nitrogens with two attached hydrogens (primary N) is 1. The van der Waals surface area contributed by atoms with Crippen molar-refractivity contribution >= 4 is 11.8 Å². The number of thioether (sulfide) groups is 1. The van der Waals surface area contributed by atoms with E-state index in [1.54, 1.807) is 6.26 Å². The van der Waals surface area contributed by atoms with Crippen LogP contribution in [0.1, 0.15) is 11.3 Å². The van der Waals surface area contributed by atoms with Gasteiger partial charge < -0.3 is 10.2 Å². The van der Waals surface area contributed by atoms with Gasteiger partial charge in [-0.05, 0) is 13.0 Å². The second kappa shape index (κ2) is 4.46. The number of hydrogen-bond acceptors (Lipinski definition) is 3. The van der Waals surface area contributed by atoms with Gasteiger partial charge in [0, 0.05) is 23.6 Å². The van der Waals surface area contributed by atoms with E-state index in [9.17, 15) is 0 Å². The summed E-state index contributed by atoms with van der Waals surface area (Å²) in [6.45, 7) is 2.74. The fourth-order valence-corrected chi connectivity index (χ4v) is 1.66. The topological polar surface area (TPSA) is 39.2 Å². The Bertz CT molecular complexity index is 210. The van der Waals surface area contributed by atoms with Crippen molar-refractivity contribution in [3.05, 3.63) is 23.7 Å². The molecule has 0 radical (unpaired) electrons. The smallest absolute Gasteiger partial charge is 0.104 e. The van der Waals surface area contributed by atoms with Crippen LogP contribution in [0.2, 0.25) is 0 Å². The highest BCUT2D eigenvalue weighted by Crippen LogP contribution is 2.15. The molecule has 0 bridgehead atoms. The Morgan fingerprint density at radius 1 is 1.64 bits per heavy atom. The minimum absolute atomic E-state index is 0.752. The van der Waals surface area contributed by atoms with Crippen molar-refractivity contribution < 1.29 is 4.42 Å². The molecule has 2 nitrogen and oxygen atoms in total. The van der Waals surface area contributed by atoms with Crippen molar-refractivity contribution in [1.29, 1.82) is 0 Å². The monoisotopic (exact) mass is 171 g/mol. The average Bonchev–Trinajstić information content (AvgIpc) is 2.37. The molecule has 0 aliphatic rings. The van der Waals surface area contributed by atoms with Crippen LogP contribution in [-0.2, 0) is 5.75 Å². The number of furan rings is 1. The maximum atomic E-state index is 5.36. The molecule has 0 atom stereocenters. The third-order valence-corrected chi connectivity index (χ3v) is 2.53. The van der Waals surface area contributed by atoms with Crippen LogP contribution >= 0.6 is 11.8 Å². The van der Waals surface area contributed by atoms with Crippen molar-refractivity contribution in [3.8, 4) is 0 Å². The molecule has 0 amide bonds. The SMILES string of the molecule is Cc1occc1CSCCN. The molecular weight excluding hydrogens is 158 g/mol. The Labute approximate surface area is 71.1 Å². The molecule has 0 unspecified atom stereocenters. The third kappa shape index (κ3) is 2.60. The fraction of sp³-hybridized carbons (Fsp3) is 0.500. The lowest BCUT2D eigenvalue weighted by Crippen LogP contribution is -2.01. The van der Waals surface area contributed by atoms with Crippen molar-refractivity contribution in [2.75, 3.05) is 12.3 Å². The van der Waals surface area contributed by atoms with Crippen LogP contribution in [0.3, 0.4) is 0 Å². The van der Waals surface area contributed by atoms with Crippen molar-refractivity contribution in [2.24, 2.45) is 5.73 Å². The Hall–Kier alpha value is -0.410. The highest BCUT2D eigenvalue weighted by atomic mass is 32.2. The summed E-state index contributed by atoms with van der Waals surface area (Å²) < 4.78 is 5.15. The van der Waals surface area contributed by atoms with E-state index < -0.39 is 0 Å². The van der Waals surface area contributed by atoms with Gasteiger partial charge in [-0.3, -0.25) is 0 Å². The highest BCUT2D eigenvalue weighted by Gasteiger charge is 1.99. The largest absolute Gasteiger partial charge is 0.469 e. The van der Waals surface area contributed by atoms with Crippen LogP contribution in [0.5, 0.6) is 0 Å². The molecule has 1 rings (SSSR count). The van der Waals surface area contributed by atoms with Crippen molar-refractivity contribution in [2.45, 2.75) is 12.7 Å². The van der Waals surface area contributed by atoms with Gasteiger partial charge in [-0.25, -0.2) is 0 Å². The zero-order valence-electron chi connectivity index (χ0n) is 6.67. The number of rotatable bonds is 4. The van der Waals surface area contributed by atoms with Gasteiger partial charge in [0.1, 0.15) is 5.76 Å². The van der Waals surface area contributed by atoms with Gasteiger partial charge in [0.25, 0.3) is 0 Å². The van der Waals surface area contributed by atoms with E-state index in [0.717, 1.165) is 23.8 Å². The molecule has 2 N–H and O–H groups in total. The highest BCUT2D eigenvalue weighted by molar-refractivity contribution is 7.98. The predicted molar refractivity (Wildman–Crippen MR) is 48.7 cm³/mol. The molecular formula is C8H13NOS. The minimum atomic E-state index is 0.752. The van der Waals surface area contributed by atoms with Crippen LogP contribution in [0, 0.1) is 6.92 Å². The molecule has 0 aromatic carbocycles. The van der Waals surface area contributed by atoms with E-state index >= 15 is 0 Å². The predicted octanol–water partition coefficient (Wildman–Crippen LogP) is 1.78. The summed E-state index contributed by atoms with van der Waals surface area (Å²) in [6, 6.07) is 2.01. The molecule has 1 aromatic rings. The Morgan fingerprint density at radius 2 is 2.45 bits per heavy atom. The van der Waals surface area contributed by atoms with Gasteiger partial charge in [0.2, 0.25) is 0 Å². The molecule has 0 spiro atoms. The van der Waals surface area contributed by atoms with Gasteiger partial charge >= 0.3 is 0 Å². The van der Waals surface area contributed by atoms with Gasteiger partial charge in [-0.15, -0.1) is 0 Å². The molecule has 0 saturated carbocycles. The van der Waals surface area contributed by atoms with Crippen LogP contribution < -0.4 is 5.73 Å². The average molecular weight is 171 g/mol. The molecule has 11 heavy (non-hydrogen) atoms. The Morgan fingerprint density at radius 3 is 3.00 bits per heavy atom. The summed E-state index contributed by atoms with van der Waals surface area (Å²) in [4.78, 5) is 0. The molecule has 3 heteroatoms. The standard InChI is InChI=1S/C8H13NOS/c1-7-8(2-4-10-7)6-11-5-3-9/h2,4H,3,5-6,9H2,1H3. The summed E-state index contributed by atoms with van der Waals surface area (Å²) >= 11 is 1.84. The van der Waals surface area contributed by atoms with Crippen molar-refractivity contribution in [1.82, 2.24) is 0 Å². The maximum Gasteiger partial charge on any atom is 0.104 e. The Kier molecular flexibility index (Phi) is 3.52. The molecule has 0 aliphatic carbocycles. The lowest BCUT2D eigenvalue weighted by Gasteiger charge is -1.96. The van der Waals surface area contributed by atoms with E-state index in [0.29, 0.717) is 0 Å².